The number of aromatic nitrogens is 3. The Balaban J connectivity index is 1.72. The Morgan fingerprint density at radius 2 is 1.80 bits per heavy atom. The molecular formula is C15H15N3O2. The lowest BCUT2D eigenvalue weighted by molar-refractivity contribution is 0.306. The summed E-state index contributed by atoms with van der Waals surface area (Å²) < 4.78 is 12.6. The second-order valence-electron chi connectivity index (χ2n) is 4.50. The monoisotopic (exact) mass is 269 g/mol. The van der Waals surface area contributed by atoms with Crippen LogP contribution in [0.15, 0.2) is 42.5 Å². The van der Waals surface area contributed by atoms with E-state index in [0.717, 1.165) is 28.1 Å². The van der Waals surface area contributed by atoms with Gasteiger partial charge >= 0.3 is 0 Å². The summed E-state index contributed by atoms with van der Waals surface area (Å²) in [5.41, 5.74) is 2.91. The summed E-state index contributed by atoms with van der Waals surface area (Å²) in [6, 6.07) is 13.6. The van der Waals surface area contributed by atoms with Gasteiger partial charge in [0.2, 0.25) is 0 Å². The van der Waals surface area contributed by atoms with E-state index in [9.17, 15) is 0 Å². The first kappa shape index (κ1) is 12.5. The van der Waals surface area contributed by atoms with Crippen LogP contribution in [0.1, 0.15) is 5.56 Å². The quantitative estimate of drug-likeness (QED) is 0.730. The molecule has 0 saturated heterocycles. The van der Waals surface area contributed by atoms with E-state index in [1.807, 2.05) is 49.5 Å². The van der Waals surface area contributed by atoms with E-state index < -0.39 is 0 Å². The Morgan fingerprint density at radius 3 is 2.55 bits per heavy atom. The van der Waals surface area contributed by atoms with Crippen molar-refractivity contribution in [1.82, 2.24) is 15.0 Å². The van der Waals surface area contributed by atoms with Crippen molar-refractivity contribution in [3.63, 3.8) is 0 Å². The van der Waals surface area contributed by atoms with Gasteiger partial charge in [0.05, 0.1) is 12.6 Å². The van der Waals surface area contributed by atoms with Gasteiger partial charge in [0.25, 0.3) is 0 Å². The Bertz CT molecular complexity index is 720. The fourth-order valence-corrected chi connectivity index (χ4v) is 2.00. The minimum Gasteiger partial charge on any atom is -0.497 e. The molecule has 0 spiro atoms. The molecule has 1 heterocycles. The summed E-state index contributed by atoms with van der Waals surface area (Å²) in [6.07, 6.45) is 0. The molecule has 0 N–H and O–H groups in total. The first-order valence-corrected chi connectivity index (χ1v) is 6.31. The summed E-state index contributed by atoms with van der Waals surface area (Å²) in [5, 5.41) is 8.04. The van der Waals surface area contributed by atoms with Gasteiger partial charge in [-0.05, 0) is 29.8 Å². The molecule has 0 aliphatic carbocycles. The van der Waals surface area contributed by atoms with E-state index >= 15 is 0 Å². The number of benzene rings is 2. The standard InChI is InChI=1S/C15H15N3O2/c1-18-15-8-7-13(9-14(15)16-17-18)20-10-11-3-5-12(19-2)6-4-11/h3-9H,10H2,1-2H3. The zero-order chi connectivity index (χ0) is 13.9. The van der Waals surface area contributed by atoms with Crippen LogP contribution in [0.4, 0.5) is 0 Å². The van der Waals surface area contributed by atoms with E-state index in [-0.39, 0.29) is 0 Å². The van der Waals surface area contributed by atoms with Crippen molar-refractivity contribution < 1.29 is 9.47 Å². The molecule has 102 valence electrons. The lowest BCUT2D eigenvalue weighted by atomic mass is 10.2. The largest absolute Gasteiger partial charge is 0.497 e. The molecule has 0 bridgehead atoms. The van der Waals surface area contributed by atoms with Crippen molar-refractivity contribution in [2.24, 2.45) is 7.05 Å². The maximum Gasteiger partial charge on any atom is 0.122 e. The number of rotatable bonds is 4. The zero-order valence-electron chi connectivity index (χ0n) is 11.4. The Labute approximate surface area is 116 Å². The highest BCUT2D eigenvalue weighted by molar-refractivity contribution is 5.75. The van der Waals surface area contributed by atoms with Crippen LogP contribution in [0.3, 0.4) is 0 Å². The molecule has 20 heavy (non-hydrogen) atoms. The van der Waals surface area contributed by atoms with Gasteiger partial charge in [-0.2, -0.15) is 0 Å². The van der Waals surface area contributed by atoms with Crippen LogP contribution >= 0.6 is 0 Å². The van der Waals surface area contributed by atoms with Crippen LogP contribution in [0.2, 0.25) is 0 Å². The van der Waals surface area contributed by atoms with Crippen molar-refractivity contribution in [2.75, 3.05) is 7.11 Å². The Morgan fingerprint density at radius 1 is 1.05 bits per heavy atom. The predicted molar refractivity (Wildman–Crippen MR) is 75.8 cm³/mol. The van der Waals surface area contributed by atoms with Gasteiger partial charge in [0, 0.05) is 13.1 Å². The van der Waals surface area contributed by atoms with Gasteiger partial charge in [-0.15, -0.1) is 5.10 Å². The highest BCUT2D eigenvalue weighted by Crippen LogP contribution is 2.20. The molecule has 0 aliphatic rings. The predicted octanol–water partition coefficient (Wildman–Crippen LogP) is 2.56. The number of nitrogens with zero attached hydrogens (tertiary/aromatic N) is 3. The van der Waals surface area contributed by atoms with Crippen LogP contribution in [-0.4, -0.2) is 22.1 Å². The molecule has 0 amide bonds. The minimum atomic E-state index is 0.510. The summed E-state index contributed by atoms with van der Waals surface area (Å²) in [4.78, 5) is 0. The van der Waals surface area contributed by atoms with Crippen molar-refractivity contribution in [1.29, 1.82) is 0 Å². The van der Waals surface area contributed by atoms with Gasteiger partial charge in [0.1, 0.15) is 23.6 Å². The van der Waals surface area contributed by atoms with Crippen LogP contribution in [0.25, 0.3) is 11.0 Å². The average molecular weight is 269 g/mol. The molecule has 1 aromatic heterocycles. The van der Waals surface area contributed by atoms with Crippen molar-refractivity contribution in [3.05, 3.63) is 48.0 Å². The highest BCUT2D eigenvalue weighted by atomic mass is 16.5. The summed E-state index contributed by atoms with van der Waals surface area (Å²) in [7, 11) is 3.52. The third-order valence-electron chi connectivity index (χ3n) is 3.15. The molecule has 0 atom stereocenters. The van der Waals surface area contributed by atoms with Gasteiger partial charge in [-0.25, -0.2) is 4.68 Å². The molecule has 0 saturated carbocycles. The molecule has 0 fully saturated rings. The zero-order valence-corrected chi connectivity index (χ0v) is 11.4. The topological polar surface area (TPSA) is 49.2 Å². The molecule has 3 rings (SSSR count). The van der Waals surface area contributed by atoms with Crippen molar-refractivity contribution in [3.8, 4) is 11.5 Å². The normalized spacial score (nSPS) is 10.7. The van der Waals surface area contributed by atoms with Crippen molar-refractivity contribution >= 4 is 11.0 Å². The van der Waals surface area contributed by atoms with Crippen LogP contribution < -0.4 is 9.47 Å². The summed E-state index contributed by atoms with van der Waals surface area (Å²) >= 11 is 0. The van der Waals surface area contributed by atoms with Gasteiger partial charge in [-0.3, -0.25) is 0 Å². The molecular weight excluding hydrogens is 254 g/mol. The maximum atomic E-state index is 5.77. The molecule has 5 heteroatoms. The number of methoxy groups -OCH3 is 1. The van der Waals surface area contributed by atoms with E-state index in [2.05, 4.69) is 10.3 Å². The van der Waals surface area contributed by atoms with Crippen LogP contribution in [-0.2, 0) is 13.7 Å². The number of hydrogen-bond acceptors (Lipinski definition) is 4. The first-order valence-electron chi connectivity index (χ1n) is 6.31. The van der Waals surface area contributed by atoms with E-state index in [0.29, 0.717) is 6.61 Å². The first-order chi connectivity index (χ1) is 9.76. The third kappa shape index (κ3) is 2.42. The third-order valence-corrected chi connectivity index (χ3v) is 3.15. The number of hydrogen-bond donors (Lipinski definition) is 0. The molecule has 2 aromatic carbocycles. The van der Waals surface area contributed by atoms with E-state index in [1.54, 1.807) is 11.8 Å². The molecule has 0 unspecified atom stereocenters. The highest BCUT2D eigenvalue weighted by Gasteiger charge is 2.03. The molecule has 0 radical (unpaired) electrons. The van der Waals surface area contributed by atoms with E-state index in [4.69, 9.17) is 9.47 Å². The fourth-order valence-electron chi connectivity index (χ4n) is 2.00. The maximum absolute atomic E-state index is 5.77. The van der Waals surface area contributed by atoms with Crippen molar-refractivity contribution in [2.45, 2.75) is 6.61 Å². The van der Waals surface area contributed by atoms with Crippen LogP contribution in [0, 0.1) is 0 Å². The van der Waals surface area contributed by atoms with Gasteiger partial charge in [-0.1, -0.05) is 17.3 Å². The lowest BCUT2D eigenvalue weighted by Crippen LogP contribution is -1.95. The number of aryl methyl sites for hydroxylation is 1. The van der Waals surface area contributed by atoms with Gasteiger partial charge in [0.15, 0.2) is 0 Å². The van der Waals surface area contributed by atoms with Gasteiger partial charge < -0.3 is 9.47 Å². The Kier molecular flexibility index (Phi) is 3.25. The lowest BCUT2D eigenvalue weighted by Gasteiger charge is -2.07. The average Bonchev–Trinajstić information content (AvgIpc) is 2.87. The summed E-state index contributed by atoms with van der Waals surface area (Å²) in [5.74, 6) is 1.63. The molecule has 5 nitrogen and oxygen atoms in total. The number of fused-ring (bicyclic) bond motifs is 1. The SMILES string of the molecule is COc1ccc(COc2ccc3c(c2)nnn3C)cc1. The second kappa shape index (κ2) is 5.21. The number of ether oxygens (including phenoxy) is 2. The molecule has 0 aliphatic heterocycles. The van der Waals surface area contributed by atoms with Crippen LogP contribution in [0.5, 0.6) is 11.5 Å². The second-order valence-corrected chi connectivity index (χ2v) is 4.50. The van der Waals surface area contributed by atoms with E-state index in [1.165, 1.54) is 0 Å². The Hall–Kier alpha value is -2.56. The minimum absolute atomic E-state index is 0.510. The molecule has 3 aromatic rings. The fraction of sp³-hybridized carbons (Fsp3) is 0.200. The summed E-state index contributed by atoms with van der Waals surface area (Å²) in [6.45, 7) is 0.510. The smallest absolute Gasteiger partial charge is 0.122 e.